The lowest BCUT2D eigenvalue weighted by Crippen LogP contribution is -2.21. The van der Waals surface area contributed by atoms with Crippen LogP contribution in [0.15, 0.2) is 35.4 Å². The van der Waals surface area contributed by atoms with E-state index in [4.69, 9.17) is 4.74 Å². The molecule has 0 aliphatic rings. The molecule has 2 aromatic rings. The Labute approximate surface area is 123 Å². The SMILES string of the molecule is CCOc1ccc(C(C)O)cc1Cn1cnc(C)cc1=O. The molecule has 2 rings (SSSR count). The topological polar surface area (TPSA) is 64.3 Å². The number of benzene rings is 1. The Balaban J connectivity index is 2.40. The van der Waals surface area contributed by atoms with Crippen molar-refractivity contribution in [2.75, 3.05) is 6.61 Å². The Morgan fingerprint density at radius 1 is 1.38 bits per heavy atom. The third kappa shape index (κ3) is 3.70. The van der Waals surface area contributed by atoms with Gasteiger partial charge in [0.15, 0.2) is 0 Å². The van der Waals surface area contributed by atoms with Crippen LogP contribution in [-0.4, -0.2) is 21.3 Å². The van der Waals surface area contributed by atoms with E-state index in [-0.39, 0.29) is 5.56 Å². The van der Waals surface area contributed by atoms with E-state index in [1.807, 2.05) is 25.1 Å². The minimum absolute atomic E-state index is 0.104. The van der Waals surface area contributed by atoms with Crippen LogP contribution >= 0.6 is 0 Å². The van der Waals surface area contributed by atoms with E-state index in [0.29, 0.717) is 18.8 Å². The molecular formula is C16H20N2O3. The number of aryl methyl sites for hydroxylation is 1. The highest BCUT2D eigenvalue weighted by Gasteiger charge is 2.10. The molecule has 1 aromatic heterocycles. The molecule has 21 heavy (non-hydrogen) atoms. The Kier molecular flexibility index (Phi) is 4.75. The molecule has 0 amide bonds. The van der Waals surface area contributed by atoms with Gasteiger partial charge >= 0.3 is 0 Å². The lowest BCUT2D eigenvalue weighted by molar-refractivity contribution is 0.199. The molecular weight excluding hydrogens is 268 g/mol. The van der Waals surface area contributed by atoms with Gasteiger partial charge in [-0.25, -0.2) is 4.98 Å². The molecule has 0 spiro atoms. The fraction of sp³-hybridized carbons (Fsp3) is 0.375. The van der Waals surface area contributed by atoms with Gasteiger partial charge in [-0.15, -0.1) is 0 Å². The standard InChI is InChI=1S/C16H20N2O3/c1-4-21-15-6-5-13(12(3)19)8-14(15)9-18-10-17-11(2)7-16(18)20/h5-8,10,12,19H,4,9H2,1-3H3. The zero-order valence-corrected chi connectivity index (χ0v) is 12.5. The molecule has 112 valence electrons. The molecule has 5 nitrogen and oxygen atoms in total. The van der Waals surface area contributed by atoms with Gasteiger partial charge in [0, 0.05) is 17.3 Å². The van der Waals surface area contributed by atoms with Crippen LogP contribution in [0.3, 0.4) is 0 Å². The van der Waals surface area contributed by atoms with E-state index in [9.17, 15) is 9.90 Å². The fourth-order valence-electron chi connectivity index (χ4n) is 2.10. The fourth-order valence-corrected chi connectivity index (χ4v) is 2.10. The maximum atomic E-state index is 12.0. The smallest absolute Gasteiger partial charge is 0.253 e. The zero-order chi connectivity index (χ0) is 15.4. The predicted octanol–water partition coefficient (Wildman–Crippen LogP) is 2.05. The summed E-state index contributed by atoms with van der Waals surface area (Å²) in [6, 6.07) is 7.02. The van der Waals surface area contributed by atoms with E-state index in [2.05, 4.69) is 4.98 Å². The van der Waals surface area contributed by atoms with Crippen molar-refractivity contribution in [2.24, 2.45) is 0 Å². The number of aliphatic hydroxyl groups is 1. The summed E-state index contributed by atoms with van der Waals surface area (Å²) in [6.45, 7) is 6.31. The van der Waals surface area contributed by atoms with Gasteiger partial charge in [-0.2, -0.15) is 0 Å². The van der Waals surface area contributed by atoms with Crippen LogP contribution in [0.4, 0.5) is 0 Å². The van der Waals surface area contributed by atoms with Crippen molar-refractivity contribution in [3.05, 3.63) is 57.8 Å². The molecule has 0 fully saturated rings. The van der Waals surface area contributed by atoms with Crippen molar-refractivity contribution in [3.8, 4) is 5.75 Å². The molecule has 1 heterocycles. The highest BCUT2D eigenvalue weighted by atomic mass is 16.5. The first-order valence-electron chi connectivity index (χ1n) is 6.98. The average Bonchev–Trinajstić information content (AvgIpc) is 2.43. The predicted molar refractivity (Wildman–Crippen MR) is 80.6 cm³/mol. The molecule has 0 aliphatic carbocycles. The van der Waals surface area contributed by atoms with Gasteiger partial charge in [-0.1, -0.05) is 6.07 Å². The van der Waals surface area contributed by atoms with Gasteiger partial charge < -0.3 is 9.84 Å². The molecule has 1 N–H and O–H groups in total. The molecule has 0 bridgehead atoms. The molecule has 0 saturated carbocycles. The van der Waals surface area contributed by atoms with E-state index in [1.165, 1.54) is 17.0 Å². The Bertz CT molecular complexity index is 677. The van der Waals surface area contributed by atoms with E-state index in [1.54, 1.807) is 13.8 Å². The number of aliphatic hydroxyl groups excluding tert-OH is 1. The summed E-state index contributed by atoms with van der Waals surface area (Å²) in [5, 5.41) is 9.70. The van der Waals surface area contributed by atoms with Crippen molar-refractivity contribution in [2.45, 2.75) is 33.4 Å². The van der Waals surface area contributed by atoms with Crippen molar-refractivity contribution in [3.63, 3.8) is 0 Å². The molecule has 5 heteroatoms. The van der Waals surface area contributed by atoms with Gasteiger partial charge in [0.2, 0.25) is 0 Å². The lowest BCUT2D eigenvalue weighted by Gasteiger charge is -2.14. The minimum atomic E-state index is -0.563. The van der Waals surface area contributed by atoms with Gasteiger partial charge in [0.1, 0.15) is 5.75 Å². The Hall–Kier alpha value is -2.14. The maximum Gasteiger partial charge on any atom is 0.253 e. The van der Waals surface area contributed by atoms with E-state index >= 15 is 0 Å². The van der Waals surface area contributed by atoms with E-state index in [0.717, 1.165) is 16.9 Å². The second kappa shape index (κ2) is 6.54. The third-order valence-corrected chi connectivity index (χ3v) is 3.22. The first kappa shape index (κ1) is 15.3. The maximum absolute atomic E-state index is 12.0. The number of nitrogens with zero attached hydrogens (tertiary/aromatic N) is 2. The number of rotatable bonds is 5. The van der Waals surface area contributed by atoms with Crippen LogP contribution in [0.5, 0.6) is 5.75 Å². The second-order valence-electron chi connectivity index (χ2n) is 4.97. The third-order valence-electron chi connectivity index (χ3n) is 3.22. The van der Waals surface area contributed by atoms with Crippen LogP contribution in [0, 0.1) is 6.92 Å². The summed E-state index contributed by atoms with van der Waals surface area (Å²) in [6.07, 6.45) is 0.968. The largest absolute Gasteiger partial charge is 0.494 e. The van der Waals surface area contributed by atoms with Crippen molar-refractivity contribution in [1.29, 1.82) is 0 Å². The highest BCUT2D eigenvalue weighted by molar-refractivity contribution is 5.38. The summed E-state index contributed by atoms with van der Waals surface area (Å²) in [5.74, 6) is 0.717. The summed E-state index contributed by atoms with van der Waals surface area (Å²) in [7, 11) is 0. The molecule has 1 atom stereocenters. The van der Waals surface area contributed by atoms with E-state index < -0.39 is 6.10 Å². The minimum Gasteiger partial charge on any atom is -0.494 e. The normalized spacial score (nSPS) is 12.2. The van der Waals surface area contributed by atoms with Crippen molar-refractivity contribution >= 4 is 0 Å². The van der Waals surface area contributed by atoms with Gasteiger partial charge in [-0.05, 0) is 38.5 Å². The van der Waals surface area contributed by atoms with Crippen LogP contribution in [0.1, 0.15) is 36.8 Å². The van der Waals surface area contributed by atoms with Gasteiger partial charge in [0.05, 0.1) is 25.6 Å². The van der Waals surface area contributed by atoms with Gasteiger partial charge in [0.25, 0.3) is 5.56 Å². The molecule has 0 aliphatic heterocycles. The summed E-state index contributed by atoms with van der Waals surface area (Å²) >= 11 is 0. The van der Waals surface area contributed by atoms with Crippen LogP contribution < -0.4 is 10.3 Å². The number of aromatic nitrogens is 2. The highest BCUT2D eigenvalue weighted by Crippen LogP contribution is 2.24. The summed E-state index contributed by atoms with van der Waals surface area (Å²) in [5.41, 5.74) is 2.23. The lowest BCUT2D eigenvalue weighted by atomic mass is 10.1. The van der Waals surface area contributed by atoms with Crippen LogP contribution in [-0.2, 0) is 6.54 Å². The second-order valence-corrected chi connectivity index (χ2v) is 4.97. The molecule has 0 saturated heterocycles. The summed E-state index contributed by atoms with van der Waals surface area (Å²) in [4.78, 5) is 16.1. The Morgan fingerprint density at radius 2 is 2.14 bits per heavy atom. The molecule has 0 radical (unpaired) electrons. The van der Waals surface area contributed by atoms with Crippen LogP contribution in [0.2, 0.25) is 0 Å². The average molecular weight is 288 g/mol. The number of hydrogen-bond donors (Lipinski definition) is 1. The van der Waals surface area contributed by atoms with Crippen molar-refractivity contribution in [1.82, 2.24) is 9.55 Å². The monoisotopic (exact) mass is 288 g/mol. The summed E-state index contributed by atoms with van der Waals surface area (Å²) < 4.78 is 7.11. The molecule has 1 unspecified atom stereocenters. The Morgan fingerprint density at radius 3 is 2.76 bits per heavy atom. The van der Waals surface area contributed by atoms with Crippen LogP contribution in [0.25, 0.3) is 0 Å². The number of ether oxygens (including phenoxy) is 1. The van der Waals surface area contributed by atoms with Crippen molar-refractivity contribution < 1.29 is 9.84 Å². The quantitative estimate of drug-likeness (QED) is 0.914. The molecule has 1 aromatic carbocycles. The first-order valence-corrected chi connectivity index (χ1v) is 6.98. The number of hydrogen-bond acceptors (Lipinski definition) is 4. The van der Waals surface area contributed by atoms with Gasteiger partial charge in [-0.3, -0.25) is 9.36 Å². The zero-order valence-electron chi connectivity index (χ0n) is 12.5. The first-order chi connectivity index (χ1) is 10.0.